The average Bonchev–Trinajstić information content (AvgIpc) is 2.57. The number of rotatable bonds is 4. The Balaban J connectivity index is 1.86. The molecule has 1 heterocycles. The summed E-state index contributed by atoms with van der Waals surface area (Å²) in [7, 11) is -2.82. The van der Waals surface area contributed by atoms with Crippen molar-refractivity contribution in [3.8, 4) is 0 Å². The molecule has 0 amide bonds. The lowest BCUT2D eigenvalue weighted by Gasteiger charge is -2.21. The summed E-state index contributed by atoms with van der Waals surface area (Å²) in [5, 5.41) is 0. The van der Waals surface area contributed by atoms with E-state index >= 15 is 0 Å². The summed E-state index contributed by atoms with van der Waals surface area (Å²) >= 11 is 0. The van der Waals surface area contributed by atoms with Crippen LogP contribution in [0, 0.1) is 6.92 Å². The van der Waals surface area contributed by atoms with Gasteiger partial charge in [-0.05, 0) is 38.4 Å². The summed E-state index contributed by atoms with van der Waals surface area (Å²) < 4.78 is 23.1. The van der Waals surface area contributed by atoms with Gasteiger partial charge in [-0.3, -0.25) is 0 Å². The molecule has 0 aromatic heterocycles. The van der Waals surface area contributed by atoms with Crippen LogP contribution in [0.1, 0.15) is 30.0 Å². The lowest BCUT2D eigenvalue weighted by Crippen LogP contribution is -2.30. The van der Waals surface area contributed by atoms with Crippen molar-refractivity contribution < 1.29 is 8.42 Å². The second kappa shape index (κ2) is 6.70. The molecule has 1 atom stereocenters. The van der Waals surface area contributed by atoms with Crippen LogP contribution in [0.3, 0.4) is 0 Å². The quantitative estimate of drug-likeness (QED) is 0.914. The third-order valence-electron chi connectivity index (χ3n) is 3.87. The van der Waals surface area contributed by atoms with E-state index in [1.807, 2.05) is 6.07 Å². The van der Waals surface area contributed by atoms with Crippen LogP contribution >= 0.6 is 0 Å². The minimum atomic E-state index is -2.82. The fourth-order valence-corrected chi connectivity index (χ4v) is 3.91. The van der Waals surface area contributed by atoms with Gasteiger partial charge in [-0.2, -0.15) is 0 Å². The van der Waals surface area contributed by atoms with Crippen molar-refractivity contribution in [3.05, 3.63) is 35.4 Å². The van der Waals surface area contributed by atoms with Gasteiger partial charge in [-0.25, -0.2) is 8.42 Å². The Hall–Kier alpha value is -0.910. The summed E-state index contributed by atoms with van der Waals surface area (Å²) in [6.45, 7) is 4.43. The Labute approximate surface area is 121 Å². The van der Waals surface area contributed by atoms with Gasteiger partial charge in [0.15, 0.2) is 9.84 Å². The van der Waals surface area contributed by atoms with E-state index in [1.165, 1.54) is 5.56 Å². The standard InChI is InChI=1S/C15H24N2O2S/c1-13-4-2-5-14(12-13)15(16)6-8-17-7-3-10-20(18,19)11-9-17/h2,4-5,12,15H,3,6-11,16H2,1H3. The van der Waals surface area contributed by atoms with Crippen LogP contribution in [-0.2, 0) is 9.84 Å². The molecule has 1 aliphatic heterocycles. The normalized spacial score (nSPS) is 21.3. The monoisotopic (exact) mass is 296 g/mol. The molecular weight excluding hydrogens is 272 g/mol. The molecule has 1 fully saturated rings. The number of hydrogen-bond acceptors (Lipinski definition) is 4. The Bertz CT molecular complexity index is 543. The van der Waals surface area contributed by atoms with Gasteiger partial charge in [-0.15, -0.1) is 0 Å². The van der Waals surface area contributed by atoms with Crippen molar-refractivity contribution in [1.82, 2.24) is 4.90 Å². The molecule has 2 N–H and O–H groups in total. The van der Waals surface area contributed by atoms with Gasteiger partial charge in [0.2, 0.25) is 0 Å². The predicted molar refractivity (Wildman–Crippen MR) is 82.4 cm³/mol. The van der Waals surface area contributed by atoms with E-state index in [0.29, 0.717) is 12.3 Å². The second-order valence-electron chi connectivity index (χ2n) is 5.66. The molecule has 0 aliphatic carbocycles. The van der Waals surface area contributed by atoms with Crippen LogP contribution < -0.4 is 5.73 Å². The molecule has 0 spiro atoms. The molecule has 1 unspecified atom stereocenters. The molecule has 112 valence electrons. The van der Waals surface area contributed by atoms with Crippen LogP contribution in [0.15, 0.2) is 24.3 Å². The van der Waals surface area contributed by atoms with Crippen LogP contribution in [-0.4, -0.2) is 44.5 Å². The highest BCUT2D eigenvalue weighted by molar-refractivity contribution is 7.91. The van der Waals surface area contributed by atoms with Gasteiger partial charge >= 0.3 is 0 Å². The van der Waals surface area contributed by atoms with E-state index in [4.69, 9.17) is 5.73 Å². The smallest absolute Gasteiger partial charge is 0.151 e. The first-order valence-electron chi connectivity index (χ1n) is 7.21. The molecule has 0 saturated carbocycles. The zero-order chi connectivity index (χ0) is 14.6. The van der Waals surface area contributed by atoms with E-state index in [2.05, 4.69) is 30.0 Å². The first-order valence-corrected chi connectivity index (χ1v) is 9.03. The molecule has 2 rings (SSSR count). The van der Waals surface area contributed by atoms with E-state index in [-0.39, 0.29) is 11.8 Å². The number of nitrogens with two attached hydrogens (primary N) is 1. The highest BCUT2D eigenvalue weighted by atomic mass is 32.2. The first kappa shape index (κ1) is 15.5. The van der Waals surface area contributed by atoms with Gasteiger partial charge in [0.1, 0.15) is 0 Å². The molecule has 1 aromatic carbocycles. The van der Waals surface area contributed by atoms with E-state index < -0.39 is 9.84 Å². The van der Waals surface area contributed by atoms with Gasteiger partial charge in [0.05, 0.1) is 11.5 Å². The maximum Gasteiger partial charge on any atom is 0.151 e. The minimum absolute atomic E-state index is 0.0229. The molecular formula is C15H24N2O2S. The summed E-state index contributed by atoms with van der Waals surface area (Å²) in [6, 6.07) is 8.30. The van der Waals surface area contributed by atoms with Crippen molar-refractivity contribution in [2.45, 2.75) is 25.8 Å². The van der Waals surface area contributed by atoms with Crippen LogP contribution in [0.25, 0.3) is 0 Å². The van der Waals surface area contributed by atoms with Gasteiger partial charge in [-0.1, -0.05) is 29.8 Å². The summed E-state index contributed by atoms with van der Waals surface area (Å²) in [4.78, 5) is 2.22. The van der Waals surface area contributed by atoms with E-state index in [9.17, 15) is 8.42 Å². The highest BCUT2D eigenvalue weighted by Crippen LogP contribution is 2.16. The second-order valence-corrected chi connectivity index (χ2v) is 7.96. The predicted octanol–water partition coefficient (Wildman–Crippen LogP) is 1.51. The number of aryl methyl sites for hydroxylation is 1. The zero-order valence-corrected chi connectivity index (χ0v) is 12.9. The van der Waals surface area contributed by atoms with Crippen molar-refractivity contribution in [2.24, 2.45) is 5.73 Å². The van der Waals surface area contributed by atoms with E-state index in [0.717, 1.165) is 31.5 Å². The third-order valence-corrected chi connectivity index (χ3v) is 5.59. The van der Waals surface area contributed by atoms with Gasteiger partial charge < -0.3 is 10.6 Å². The third kappa shape index (κ3) is 4.58. The van der Waals surface area contributed by atoms with Gasteiger partial charge in [0, 0.05) is 12.6 Å². The molecule has 1 saturated heterocycles. The first-order chi connectivity index (χ1) is 9.46. The minimum Gasteiger partial charge on any atom is -0.324 e. The molecule has 0 radical (unpaired) electrons. The molecule has 0 bridgehead atoms. The maximum absolute atomic E-state index is 11.6. The van der Waals surface area contributed by atoms with Crippen molar-refractivity contribution in [3.63, 3.8) is 0 Å². The maximum atomic E-state index is 11.6. The Morgan fingerprint density at radius 2 is 2.10 bits per heavy atom. The molecule has 1 aromatic rings. The Kier molecular flexibility index (Phi) is 5.18. The zero-order valence-electron chi connectivity index (χ0n) is 12.1. The number of sulfone groups is 1. The molecule has 4 nitrogen and oxygen atoms in total. The van der Waals surface area contributed by atoms with Crippen molar-refractivity contribution >= 4 is 9.84 Å². The SMILES string of the molecule is Cc1cccc(C(N)CCN2CCCS(=O)(=O)CC2)c1. The lowest BCUT2D eigenvalue weighted by atomic mass is 10.0. The number of nitrogens with zero attached hydrogens (tertiary/aromatic N) is 1. The summed E-state index contributed by atoms with van der Waals surface area (Å²) in [5.74, 6) is 0.611. The van der Waals surface area contributed by atoms with E-state index in [1.54, 1.807) is 0 Å². The van der Waals surface area contributed by atoms with Crippen LogP contribution in [0.2, 0.25) is 0 Å². The average molecular weight is 296 g/mol. The number of benzene rings is 1. The lowest BCUT2D eigenvalue weighted by molar-refractivity contribution is 0.283. The molecule has 5 heteroatoms. The van der Waals surface area contributed by atoms with Gasteiger partial charge in [0.25, 0.3) is 0 Å². The largest absolute Gasteiger partial charge is 0.324 e. The summed E-state index contributed by atoms with van der Waals surface area (Å²) in [6.07, 6.45) is 1.60. The van der Waals surface area contributed by atoms with Crippen molar-refractivity contribution in [1.29, 1.82) is 0 Å². The van der Waals surface area contributed by atoms with Crippen molar-refractivity contribution in [2.75, 3.05) is 31.1 Å². The Morgan fingerprint density at radius 1 is 1.30 bits per heavy atom. The summed E-state index contributed by atoms with van der Waals surface area (Å²) in [5.41, 5.74) is 8.61. The Morgan fingerprint density at radius 3 is 2.85 bits per heavy atom. The highest BCUT2D eigenvalue weighted by Gasteiger charge is 2.19. The fraction of sp³-hybridized carbons (Fsp3) is 0.600. The molecule has 20 heavy (non-hydrogen) atoms. The topological polar surface area (TPSA) is 63.4 Å². The number of hydrogen-bond donors (Lipinski definition) is 1. The molecule has 1 aliphatic rings. The fourth-order valence-electron chi connectivity index (χ4n) is 2.60. The van der Waals surface area contributed by atoms with Crippen LogP contribution in [0.5, 0.6) is 0 Å². The van der Waals surface area contributed by atoms with Crippen LogP contribution in [0.4, 0.5) is 0 Å².